The van der Waals surface area contributed by atoms with Gasteiger partial charge in [0, 0.05) is 38.3 Å². The number of ether oxygens (including phenoxy) is 1. The molecule has 0 radical (unpaired) electrons. The van der Waals surface area contributed by atoms with Gasteiger partial charge in [-0.25, -0.2) is 4.39 Å². The molecule has 1 saturated heterocycles. The summed E-state index contributed by atoms with van der Waals surface area (Å²) in [5.41, 5.74) is 1.67. The third kappa shape index (κ3) is 6.19. The first-order chi connectivity index (χ1) is 14.2. The van der Waals surface area contributed by atoms with Crippen molar-refractivity contribution in [3.8, 4) is 5.75 Å². The van der Waals surface area contributed by atoms with Gasteiger partial charge in [0.05, 0.1) is 12.8 Å². The average molecular weight is 400 g/mol. The number of piperazine rings is 1. The van der Waals surface area contributed by atoms with Crippen molar-refractivity contribution in [3.05, 3.63) is 59.9 Å². The molecular weight excluding hydrogens is 369 g/mol. The van der Waals surface area contributed by atoms with Crippen molar-refractivity contribution < 1.29 is 13.9 Å². The maximum absolute atomic E-state index is 12.9. The fourth-order valence-electron chi connectivity index (χ4n) is 3.65. The molecule has 3 rings (SSSR count). The van der Waals surface area contributed by atoms with Gasteiger partial charge < -0.3 is 15.0 Å². The maximum Gasteiger partial charge on any atom is 0.251 e. The molecule has 0 spiro atoms. The second kappa shape index (κ2) is 10.8. The Labute approximate surface area is 172 Å². The first-order valence-corrected chi connectivity index (χ1v) is 10.3. The number of nitrogens with zero attached hydrogens (tertiary/aromatic N) is 2. The first kappa shape index (κ1) is 21.1. The lowest BCUT2D eigenvalue weighted by Gasteiger charge is -2.36. The Morgan fingerprint density at radius 1 is 1.00 bits per heavy atom. The lowest BCUT2D eigenvalue weighted by molar-refractivity contribution is 0.0952. The Morgan fingerprint density at radius 3 is 2.45 bits per heavy atom. The SMILES string of the molecule is COc1ccccc1N1CCN(CCCCCNC(=O)c2ccc(F)cc2)CC1. The summed E-state index contributed by atoms with van der Waals surface area (Å²) in [6.07, 6.45) is 3.16. The number of hydrogen-bond donors (Lipinski definition) is 1. The van der Waals surface area contributed by atoms with Crippen molar-refractivity contribution in [3.63, 3.8) is 0 Å². The third-order valence-corrected chi connectivity index (χ3v) is 5.34. The normalized spacial score (nSPS) is 14.6. The number of amides is 1. The largest absolute Gasteiger partial charge is 0.495 e. The van der Waals surface area contributed by atoms with E-state index in [4.69, 9.17) is 4.74 Å². The van der Waals surface area contributed by atoms with E-state index in [0.717, 1.165) is 57.7 Å². The zero-order valence-corrected chi connectivity index (χ0v) is 17.1. The highest BCUT2D eigenvalue weighted by molar-refractivity contribution is 5.94. The van der Waals surface area contributed by atoms with Crippen molar-refractivity contribution in [2.24, 2.45) is 0 Å². The van der Waals surface area contributed by atoms with E-state index in [1.165, 1.54) is 30.0 Å². The Kier molecular flexibility index (Phi) is 7.87. The van der Waals surface area contributed by atoms with Gasteiger partial charge in [0.2, 0.25) is 0 Å². The molecule has 0 bridgehead atoms. The van der Waals surface area contributed by atoms with Gasteiger partial charge >= 0.3 is 0 Å². The number of nitrogens with one attached hydrogen (secondary N) is 1. The second-order valence-electron chi connectivity index (χ2n) is 7.32. The molecule has 1 fully saturated rings. The van der Waals surface area contributed by atoms with Crippen molar-refractivity contribution >= 4 is 11.6 Å². The molecule has 2 aromatic rings. The molecule has 0 saturated carbocycles. The molecule has 156 valence electrons. The lowest BCUT2D eigenvalue weighted by Crippen LogP contribution is -2.46. The van der Waals surface area contributed by atoms with Gasteiger partial charge in [-0.2, -0.15) is 0 Å². The Morgan fingerprint density at radius 2 is 1.72 bits per heavy atom. The predicted octanol–water partition coefficient (Wildman–Crippen LogP) is 3.56. The molecule has 0 atom stereocenters. The monoisotopic (exact) mass is 399 g/mol. The zero-order chi connectivity index (χ0) is 20.5. The molecule has 1 amide bonds. The summed E-state index contributed by atoms with van der Waals surface area (Å²) >= 11 is 0. The minimum Gasteiger partial charge on any atom is -0.495 e. The van der Waals surface area contributed by atoms with E-state index in [-0.39, 0.29) is 11.7 Å². The number of para-hydroxylation sites is 2. The van der Waals surface area contributed by atoms with E-state index < -0.39 is 0 Å². The molecule has 0 aliphatic carbocycles. The van der Waals surface area contributed by atoms with Crippen LogP contribution >= 0.6 is 0 Å². The molecular formula is C23H30FN3O2. The lowest BCUT2D eigenvalue weighted by atomic mass is 10.2. The fourth-order valence-corrected chi connectivity index (χ4v) is 3.65. The molecule has 5 nitrogen and oxygen atoms in total. The molecule has 29 heavy (non-hydrogen) atoms. The van der Waals surface area contributed by atoms with Crippen LogP contribution in [0.4, 0.5) is 10.1 Å². The maximum atomic E-state index is 12.9. The standard InChI is InChI=1S/C23H30FN3O2/c1-29-22-8-4-3-7-21(22)27-17-15-26(16-18-27)14-6-2-5-13-25-23(28)19-9-11-20(24)12-10-19/h3-4,7-12H,2,5-6,13-18H2,1H3,(H,25,28). The highest BCUT2D eigenvalue weighted by atomic mass is 19.1. The molecule has 1 aliphatic heterocycles. The number of rotatable bonds is 9. The van der Waals surface area contributed by atoms with E-state index in [1.54, 1.807) is 7.11 Å². The number of halogens is 1. The first-order valence-electron chi connectivity index (χ1n) is 10.3. The van der Waals surface area contributed by atoms with E-state index >= 15 is 0 Å². The van der Waals surface area contributed by atoms with E-state index in [2.05, 4.69) is 27.2 Å². The summed E-state index contributed by atoms with van der Waals surface area (Å²) in [7, 11) is 1.72. The zero-order valence-electron chi connectivity index (χ0n) is 17.1. The number of benzene rings is 2. The molecule has 0 unspecified atom stereocenters. The van der Waals surface area contributed by atoms with Gasteiger partial charge in [-0.1, -0.05) is 18.6 Å². The van der Waals surface area contributed by atoms with Crippen LogP contribution in [-0.4, -0.2) is 57.2 Å². The number of hydrogen-bond acceptors (Lipinski definition) is 4. The minimum atomic E-state index is -0.328. The van der Waals surface area contributed by atoms with Crippen LogP contribution in [-0.2, 0) is 0 Å². The van der Waals surface area contributed by atoms with Crippen molar-refractivity contribution in [1.82, 2.24) is 10.2 Å². The van der Waals surface area contributed by atoms with Crippen LogP contribution in [0.15, 0.2) is 48.5 Å². The topological polar surface area (TPSA) is 44.8 Å². The summed E-state index contributed by atoms with van der Waals surface area (Å²) in [5.74, 6) is 0.464. The summed E-state index contributed by atoms with van der Waals surface area (Å²) in [5, 5.41) is 2.90. The summed E-state index contributed by atoms with van der Waals surface area (Å²) in [4.78, 5) is 16.9. The van der Waals surface area contributed by atoms with Gasteiger partial charge in [-0.3, -0.25) is 9.69 Å². The van der Waals surface area contributed by atoms with Gasteiger partial charge in [-0.15, -0.1) is 0 Å². The van der Waals surface area contributed by atoms with Crippen LogP contribution in [0, 0.1) is 5.82 Å². The number of unbranched alkanes of at least 4 members (excludes halogenated alkanes) is 2. The smallest absolute Gasteiger partial charge is 0.251 e. The summed E-state index contributed by atoms with van der Waals surface area (Å²) < 4.78 is 18.4. The van der Waals surface area contributed by atoms with Crippen LogP contribution in [0.25, 0.3) is 0 Å². The molecule has 1 heterocycles. The van der Waals surface area contributed by atoms with Crippen LogP contribution < -0.4 is 15.0 Å². The Bertz CT molecular complexity index is 774. The average Bonchev–Trinajstić information content (AvgIpc) is 2.77. The van der Waals surface area contributed by atoms with E-state index in [1.807, 2.05) is 12.1 Å². The molecule has 2 aromatic carbocycles. The number of methoxy groups -OCH3 is 1. The predicted molar refractivity (Wildman–Crippen MR) is 114 cm³/mol. The van der Waals surface area contributed by atoms with E-state index in [0.29, 0.717) is 12.1 Å². The van der Waals surface area contributed by atoms with Gasteiger partial charge in [-0.05, 0) is 55.8 Å². The second-order valence-corrected chi connectivity index (χ2v) is 7.32. The van der Waals surface area contributed by atoms with Gasteiger partial charge in [0.15, 0.2) is 0 Å². The van der Waals surface area contributed by atoms with Crippen LogP contribution in [0.3, 0.4) is 0 Å². The Hall–Kier alpha value is -2.60. The third-order valence-electron chi connectivity index (χ3n) is 5.34. The number of anilines is 1. The molecule has 0 aromatic heterocycles. The van der Waals surface area contributed by atoms with Gasteiger partial charge in [0.1, 0.15) is 11.6 Å². The minimum absolute atomic E-state index is 0.141. The molecule has 1 aliphatic rings. The number of carbonyl (C=O) groups excluding carboxylic acids is 1. The number of carbonyl (C=O) groups is 1. The highest BCUT2D eigenvalue weighted by Gasteiger charge is 2.19. The van der Waals surface area contributed by atoms with E-state index in [9.17, 15) is 9.18 Å². The summed E-state index contributed by atoms with van der Waals surface area (Å²) in [6, 6.07) is 13.8. The van der Waals surface area contributed by atoms with Gasteiger partial charge in [0.25, 0.3) is 5.91 Å². The summed E-state index contributed by atoms with van der Waals surface area (Å²) in [6.45, 7) is 5.87. The quantitative estimate of drug-likeness (QED) is 0.655. The van der Waals surface area contributed by atoms with Crippen molar-refractivity contribution in [2.75, 3.05) is 51.3 Å². The van der Waals surface area contributed by atoms with Crippen LogP contribution in [0.2, 0.25) is 0 Å². The van der Waals surface area contributed by atoms with Crippen molar-refractivity contribution in [2.45, 2.75) is 19.3 Å². The fraction of sp³-hybridized carbons (Fsp3) is 0.435. The van der Waals surface area contributed by atoms with Crippen molar-refractivity contribution in [1.29, 1.82) is 0 Å². The Balaban J connectivity index is 1.28. The molecule has 1 N–H and O–H groups in total. The van der Waals surface area contributed by atoms with Crippen LogP contribution in [0.5, 0.6) is 5.75 Å². The molecule has 6 heteroatoms. The van der Waals surface area contributed by atoms with Crippen LogP contribution in [0.1, 0.15) is 29.6 Å². The highest BCUT2D eigenvalue weighted by Crippen LogP contribution is 2.28.